The minimum Gasteiger partial charge on any atom is -0.377 e. The zero-order valence-electron chi connectivity index (χ0n) is 11.8. The smallest absolute Gasteiger partial charge is 0.241 e. The fourth-order valence-corrected chi connectivity index (χ4v) is 3.41. The van der Waals surface area contributed by atoms with Crippen molar-refractivity contribution in [3.8, 4) is 0 Å². The molecule has 108 valence electrons. The van der Waals surface area contributed by atoms with Gasteiger partial charge >= 0.3 is 0 Å². The average molecular weight is 269 g/mol. The average Bonchev–Trinajstić information content (AvgIpc) is 2.85. The second-order valence-corrected chi connectivity index (χ2v) is 5.96. The zero-order chi connectivity index (χ0) is 14.3. The van der Waals surface area contributed by atoms with Gasteiger partial charge in [-0.1, -0.05) is 13.8 Å². The van der Waals surface area contributed by atoms with Crippen LogP contribution in [-0.2, 0) is 14.3 Å². The SMILES string of the molecule is CNC(=O)CCNC(=O)C1(N)C2CCOC2C1(C)C. The molecule has 0 aromatic rings. The molecule has 1 saturated heterocycles. The van der Waals surface area contributed by atoms with E-state index in [9.17, 15) is 9.59 Å². The lowest BCUT2D eigenvalue weighted by atomic mass is 9.48. The van der Waals surface area contributed by atoms with Crippen molar-refractivity contribution in [1.29, 1.82) is 0 Å². The summed E-state index contributed by atoms with van der Waals surface area (Å²) in [4.78, 5) is 23.5. The Balaban J connectivity index is 1.96. The van der Waals surface area contributed by atoms with E-state index in [1.165, 1.54) is 0 Å². The molecule has 1 saturated carbocycles. The maximum absolute atomic E-state index is 12.4. The predicted octanol–water partition coefficient (Wildman–Crippen LogP) is -0.619. The van der Waals surface area contributed by atoms with Crippen LogP contribution in [0.5, 0.6) is 0 Å². The van der Waals surface area contributed by atoms with Gasteiger partial charge in [-0.2, -0.15) is 0 Å². The first-order chi connectivity index (χ1) is 8.85. The third-order valence-electron chi connectivity index (χ3n) is 4.75. The molecule has 6 nitrogen and oxygen atoms in total. The van der Waals surface area contributed by atoms with Crippen molar-refractivity contribution in [3.63, 3.8) is 0 Å². The van der Waals surface area contributed by atoms with Gasteiger partial charge in [0.15, 0.2) is 0 Å². The molecule has 2 rings (SSSR count). The molecule has 2 fully saturated rings. The van der Waals surface area contributed by atoms with Crippen LogP contribution in [-0.4, -0.2) is 43.7 Å². The number of amides is 2. The lowest BCUT2D eigenvalue weighted by Crippen LogP contribution is -2.80. The van der Waals surface area contributed by atoms with Crippen LogP contribution in [0.2, 0.25) is 0 Å². The zero-order valence-corrected chi connectivity index (χ0v) is 11.8. The van der Waals surface area contributed by atoms with Crippen LogP contribution in [0.25, 0.3) is 0 Å². The number of ether oxygens (including phenoxy) is 1. The molecule has 0 aromatic carbocycles. The quantitative estimate of drug-likeness (QED) is 0.634. The van der Waals surface area contributed by atoms with Crippen LogP contribution in [0.15, 0.2) is 0 Å². The highest BCUT2D eigenvalue weighted by molar-refractivity contribution is 5.90. The summed E-state index contributed by atoms with van der Waals surface area (Å²) in [5, 5.41) is 5.30. The molecule has 1 aliphatic carbocycles. The standard InChI is InChI=1S/C13H23N3O3/c1-12(2)10-8(5-7-19-10)13(12,14)11(18)16-6-4-9(17)15-3/h8,10H,4-7,14H2,1-3H3,(H,15,17)(H,16,18). The van der Waals surface area contributed by atoms with Crippen molar-refractivity contribution >= 4 is 11.8 Å². The van der Waals surface area contributed by atoms with Crippen LogP contribution in [0.4, 0.5) is 0 Å². The molecular formula is C13H23N3O3. The Bertz CT molecular complexity index is 397. The molecule has 19 heavy (non-hydrogen) atoms. The largest absolute Gasteiger partial charge is 0.377 e. The highest BCUT2D eigenvalue weighted by Gasteiger charge is 2.71. The fourth-order valence-electron chi connectivity index (χ4n) is 3.41. The molecule has 6 heteroatoms. The summed E-state index contributed by atoms with van der Waals surface area (Å²) in [7, 11) is 1.57. The second kappa shape index (κ2) is 4.76. The fraction of sp³-hybridized carbons (Fsp3) is 0.846. The highest BCUT2D eigenvalue weighted by atomic mass is 16.5. The molecule has 1 aliphatic heterocycles. The number of rotatable bonds is 4. The van der Waals surface area contributed by atoms with E-state index in [2.05, 4.69) is 10.6 Å². The van der Waals surface area contributed by atoms with E-state index < -0.39 is 5.54 Å². The van der Waals surface area contributed by atoms with Gasteiger partial charge in [-0.05, 0) is 6.42 Å². The van der Waals surface area contributed by atoms with Gasteiger partial charge < -0.3 is 21.1 Å². The van der Waals surface area contributed by atoms with Crippen molar-refractivity contribution in [3.05, 3.63) is 0 Å². The third-order valence-corrected chi connectivity index (χ3v) is 4.75. The Morgan fingerprint density at radius 3 is 2.74 bits per heavy atom. The van der Waals surface area contributed by atoms with Crippen molar-refractivity contribution in [1.82, 2.24) is 10.6 Å². The minimum absolute atomic E-state index is 0.0715. The van der Waals surface area contributed by atoms with Crippen LogP contribution in [0, 0.1) is 11.3 Å². The molecule has 1 heterocycles. The van der Waals surface area contributed by atoms with Gasteiger partial charge in [0.1, 0.15) is 5.54 Å². The number of hydrogen-bond acceptors (Lipinski definition) is 4. The van der Waals surface area contributed by atoms with Gasteiger partial charge in [-0.3, -0.25) is 9.59 Å². The molecule has 2 aliphatic rings. The number of nitrogens with two attached hydrogens (primary N) is 1. The molecule has 0 aromatic heterocycles. The summed E-state index contributed by atoms with van der Waals surface area (Å²) in [6, 6.07) is 0. The van der Waals surface area contributed by atoms with Gasteiger partial charge in [0, 0.05) is 38.0 Å². The van der Waals surface area contributed by atoms with Crippen LogP contribution in [0.1, 0.15) is 26.7 Å². The van der Waals surface area contributed by atoms with Crippen LogP contribution in [0.3, 0.4) is 0 Å². The lowest BCUT2D eigenvalue weighted by molar-refractivity contribution is -0.175. The van der Waals surface area contributed by atoms with Crippen molar-refractivity contribution in [2.75, 3.05) is 20.2 Å². The summed E-state index contributed by atoms with van der Waals surface area (Å²) in [6.45, 7) is 4.92. The van der Waals surface area contributed by atoms with Crippen molar-refractivity contribution < 1.29 is 14.3 Å². The Kier molecular flexibility index (Phi) is 3.57. The first-order valence-corrected chi connectivity index (χ1v) is 6.75. The topological polar surface area (TPSA) is 93.5 Å². The maximum Gasteiger partial charge on any atom is 0.241 e. The minimum atomic E-state index is -0.892. The first kappa shape index (κ1) is 14.3. The third kappa shape index (κ3) is 1.94. The van der Waals surface area contributed by atoms with Gasteiger partial charge in [0.05, 0.1) is 6.10 Å². The summed E-state index contributed by atoms with van der Waals surface area (Å²) in [6.07, 6.45) is 1.17. The van der Waals surface area contributed by atoms with E-state index in [0.29, 0.717) is 13.2 Å². The first-order valence-electron chi connectivity index (χ1n) is 6.75. The molecule has 2 amide bonds. The van der Waals surface area contributed by atoms with Gasteiger partial charge in [-0.25, -0.2) is 0 Å². The highest BCUT2D eigenvalue weighted by Crippen LogP contribution is 2.58. The van der Waals surface area contributed by atoms with E-state index in [0.717, 1.165) is 6.42 Å². The van der Waals surface area contributed by atoms with Crippen molar-refractivity contribution in [2.45, 2.75) is 38.3 Å². The molecule has 0 spiro atoms. The Morgan fingerprint density at radius 2 is 2.11 bits per heavy atom. The molecule has 3 atom stereocenters. The summed E-state index contributed by atoms with van der Waals surface area (Å²) in [5.41, 5.74) is 5.10. The van der Waals surface area contributed by atoms with Crippen LogP contribution < -0.4 is 16.4 Å². The van der Waals surface area contributed by atoms with E-state index in [1.807, 2.05) is 13.8 Å². The Hall–Kier alpha value is -1.14. The summed E-state index contributed by atoms with van der Waals surface area (Å²) >= 11 is 0. The summed E-state index contributed by atoms with van der Waals surface area (Å²) < 4.78 is 5.65. The monoisotopic (exact) mass is 269 g/mol. The van der Waals surface area contributed by atoms with Crippen LogP contribution >= 0.6 is 0 Å². The van der Waals surface area contributed by atoms with Gasteiger partial charge in [0.2, 0.25) is 11.8 Å². The molecular weight excluding hydrogens is 246 g/mol. The Morgan fingerprint density at radius 1 is 1.42 bits per heavy atom. The van der Waals surface area contributed by atoms with E-state index >= 15 is 0 Å². The molecule has 0 radical (unpaired) electrons. The van der Waals surface area contributed by atoms with Gasteiger partial charge in [-0.15, -0.1) is 0 Å². The van der Waals surface area contributed by atoms with Crippen molar-refractivity contribution in [2.24, 2.45) is 17.1 Å². The lowest BCUT2D eigenvalue weighted by Gasteiger charge is -2.60. The van der Waals surface area contributed by atoms with E-state index in [4.69, 9.17) is 10.5 Å². The van der Waals surface area contributed by atoms with E-state index in [1.54, 1.807) is 7.05 Å². The van der Waals surface area contributed by atoms with E-state index in [-0.39, 0.29) is 35.7 Å². The number of hydrogen-bond donors (Lipinski definition) is 3. The second-order valence-electron chi connectivity index (χ2n) is 5.96. The normalized spacial score (nSPS) is 35.2. The maximum atomic E-state index is 12.4. The Labute approximate surface area is 113 Å². The van der Waals surface area contributed by atoms with Gasteiger partial charge in [0.25, 0.3) is 0 Å². The molecule has 3 unspecified atom stereocenters. The number of carbonyl (C=O) groups is 2. The predicted molar refractivity (Wildman–Crippen MR) is 70.2 cm³/mol. The number of carbonyl (C=O) groups excluding carboxylic acids is 2. The summed E-state index contributed by atoms with van der Waals surface area (Å²) in [5.74, 6) is -0.183. The number of fused-ring (bicyclic) bond motifs is 1. The number of nitrogens with one attached hydrogen (secondary N) is 2. The molecule has 0 bridgehead atoms. The molecule has 4 N–H and O–H groups in total.